The lowest BCUT2D eigenvalue weighted by Gasteiger charge is -2.00. The normalized spacial score (nSPS) is 11.1. The molecule has 0 atom stereocenters. The van der Waals surface area contributed by atoms with Crippen molar-refractivity contribution in [2.24, 2.45) is 7.05 Å². The molecule has 0 amide bonds. The molecule has 0 saturated heterocycles. The summed E-state index contributed by atoms with van der Waals surface area (Å²) in [4.78, 5) is 8.56. The highest BCUT2D eigenvalue weighted by molar-refractivity contribution is 5.90. The maximum atomic E-state index is 5.88. The van der Waals surface area contributed by atoms with Gasteiger partial charge in [0.25, 0.3) is 0 Å². The fourth-order valence-electron chi connectivity index (χ4n) is 1.77. The molecule has 2 aromatic rings. The summed E-state index contributed by atoms with van der Waals surface area (Å²) in [6.45, 7) is 5.96. The Morgan fingerprint density at radius 3 is 2.43 bits per heavy atom. The van der Waals surface area contributed by atoms with Gasteiger partial charge in [0.2, 0.25) is 0 Å². The van der Waals surface area contributed by atoms with Crippen LogP contribution in [0.25, 0.3) is 11.0 Å². The van der Waals surface area contributed by atoms with Gasteiger partial charge in [-0.1, -0.05) is 0 Å². The van der Waals surface area contributed by atoms with Crippen LogP contribution in [0.15, 0.2) is 0 Å². The average Bonchev–Trinajstić information content (AvgIpc) is 2.31. The molecule has 2 aromatic heterocycles. The van der Waals surface area contributed by atoms with Gasteiger partial charge in [-0.3, -0.25) is 0 Å². The van der Waals surface area contributed by atoms with E-state index in [1.807, 2.05) is 20.9 Å². The zero-order chi connectivity index (χ0) is 10.5. The van der Waals surface area contributed by atoms with Gasteiger partial charge in [-0.2, -0.15) is 0 Å². The number of aryl methyl sites for hydroxylation is 3. The van der Waals surface area contributed by atoms with Crippen LogP contribution >= 0.6 is 0 Å². The van der Waals surface area contributed by atoms with Crippen LogP contribution < -0.4 is 5.73 Å². The second-order valence-corrected chi connectivity index (χ2v) is 3.62. The summed E-state index contributed by atoms with van der Waals surface area (Å²) in [6, 6.07) is 0. The van der Waals surface area contributed by atoms with Crippen LogP contribution in [0.3, 0.4) is 0 Å². The van der Waals surface area contributed by atoms with E-state index in [0.717, 1.165) is 16.9 Å². The highest BCUT2D eigenvalue weighted by atomic mass is 15.1. The van der Waals surface area contributed by atoms with Crippen molar-refractivity contribution in [2.75, 3.05) is 5.73 Å². The van der Waals surface area contributed by atoms with Gasteiger partial charge in [-0.25, -0.2) is 9.97 Å². The van der Waals surface area contributed by atoms with Crippen molar-refractivity contribution in [1.82, 2.24) is 14.5 Å². The molecule has 2 rings (SSSR count). The molecular weight excluding hydrogens is 176 g/mol. The minimum absolute atomic E-state index is 0.578. The highest BCUT2D eigenvalue weighted by Crippen LogP contribution is 2.26. The van der Waals surface area contributed by atoms with Gasteiger partial charge in [-0.05, 0) is 26.3 Å². The van der Waals surface area contributed by atoms with Crippen LogP contribution in [-0.2, 0) is 7.05 Å². The number of hydrogen-bond acceptors (Lipinski definition) is 3. The number of anilines is 1. The van der Waals surface area contributed by atoms with E-state index >= 15 is 0 Å². The first-order chi connectivity index (χ1) is 6.52. The number of rotatable bonds is 0. The molecule has 2 N–H and O–H groups in total. The van der Waals surface area contributed by atoms with Crippen molar-refractivity contribution in [3.63, 3.8) is 0 Å². The quantitative estimate of drug-likeness (QED) is 0.684. The number of hydrogen-bond donors (Lipinski definition) is 1. The molecular formula is C10H14N4. The molecule has 0 aliphatic carbocycles. The number of fused-ring (bicyclic) bond motifs is 1. The summed E-state index contributed by atoms with van der Waals surface area (Å²) in [5, 5.41) is 0.982. The standard InChI is InChI=1S/C10H14N4/c1-5-6(2)14(4)10-8(5)9(11)12-7(3)13-10/h1-4H3,(H2,11,12,13). The van der Waals surface area contributed by atoms with Gasteiger partial charge in [-0.15, -0.1) is 0 Å². The monoisotopic (exact) mass is 190 g/mol. The van der Waals surface area contributed by atoms with Crippen molar-refractivity contribution in [2.45, 2.75) is 20.8 Å². The predicted octanol–water partition coefficient (Wildman–Crippen LogP) is 1.48. The topological polar surface area (TPSA) is 56.7 Å². The van der Waals surface area contributed by atoms with E-state index in [4.69, 9.17) is 5.73 Å². The fraction of sp³-hybridized carbons (Fsp3) is 0.400. The predicted molar refractivity (Wildman–Crippen MR) is 57.1 cm³/mol. The lowest BCUT2D eigenvalue weighted by atomic mass is 10.2. The van der Waals surface area contributed by atoms with Gasteiger partial charge in [0, 0.05) is 12.7 Å². The Morgan fingerprint density at radius 1 is 1.14 bits per heavy atom. The summed E-state index contributed by atoms with van der Waals surface area (Å²) in [5.41, 5.74) is 9.15. The number of aromatic nitrogens is 3. The summed E-state index contributed by atoms with van der Waals surface area (Å²) >= 11 is 0. The molecule has 4 heteroatoms. The Balaban J connectivity index is 3.02. The molecule has 2 heterocycles. The van der Waals surface area contributed by atoms with Gasteiger partial charge in [0.05, 0.1) is 5.39 Å². The van der Waals surface area contributed by atoms with Crippen molar-refractivity contribution < 1.29 is 0 Å². The molecule has 74 valence electrons. The van der Waals surface area contributed by atoms with Gasteiger partial charge in [0.1, 0.15) is 17.3 Å². The molecule has 0 saturated carbocycles. The molecule has 0 fully saturated rings. The maximum Gasteiger partial charge on any atom is 0.146 e. The van der Waals surface area contributed by atoms with Gasteiger partial charge < -0.3 is 10.3 Å². The molecule has 0 radical (unpaired) electrons. The second kappa shape index (κ2) is 2.70. The van der Waals surface area contributed by atoms with Crippen molar-refractivity contribution in [1.29, 1.82) is 0 Å². The number of nitrogens with zero attached hydrogens (tertiary/aromatic N) is 3. The minimum Gasteiger partial charge on any atom is -0.383 e. The summed E-state index contributed by atoms with van der Waals surface area (Å²) in [7, 11) is 2.00. The first-order valence-corrected chi connectivity index (χ1v) is 4.58. The first kappa shape index (κ1) is 8.99. The van der Waals surface area contributed by atoms with Crippen LogP contribution in [-0.4, -0.2) is 14.5 Å². The zero-order valence-corrected chi connectivity index (χ0v) is 8.92. The van der Waals surface area contributed by atoms with Gasteiger partial charge in [0.15, 0.2) is 0 Å². The fourth-order valence-corrected chi connectivity index (χ4v) is 1.77. The molecule has 0 aliphatic heterocycles. The summed E-state index contributed by atoms with van der Waals surface area (Å²) in [5.74, 6) is 1.30. The van der Waals surface area contributed by atoms with Crippen LogP contribution in [0.4, 0.5) is 5.82 Å². The van der Waals surface area contributed by atoms with E-state index in [2.05, 4.69) is 21.5 Å². The third-order valence-electron chi connectivity index (χ3n) is 2.77. The number of nitrogen functional groups attached to an aromatic ring is 1. The Kier molecular flexibility index (Phi) is 1.74. The number of nitrogens with two attached hydrogens (primary N) is 1. The van der Waals surface area contributed by atoms with Crippen LogP contribution in [0.5, 0.6) is 0 Å². The van der Waals surface area contributed by atoms with Crippen molar-refractivity contribution in [3.8, 4) is 0 Å². The van der Waals surface area contributed by atoms with Crippen molar-refractivity contribution in [3.05, 3.63) is 17.1 Å². The van der Waals surface area contributed by atoms with E-state index in [1.54, 1.807) is 0 Å². The van der Waals surface area contributed by atoms with E-state index in [0.29, 0.717) is 5.82 Å². The van der Waals surface area contributed by atoms with Crippen LogP contribution in [0, 0.1) is 20.8 Å². The Morgan fingerprint density at radius 2 is 1.79 bits per heavy atom. The van der Waals surface area contributed by atoms with Crippen molar-refractivity contribution >= 4 is 16.9 Å². The van der Waals surface area contributed by atoms with E-state index in [9.17, 15) is 0 Å². The molecule has 14 heavy (non-hydrogen) atoms. The summed E-state index contributed by atoms with van der Waals surface area (Å²) < 4.78 is 2.05. The molecule has 0 spiro atoms. The Labute approximate surface area is 82.8 Å². The molecule has 0 aromatic carbocycles. The second-order valence-electron chi connectivity index (χ2n) is 3.62. The third kappa shape index (κ3) is 0.999. The van der Waals surface area contributed by atoms with E-state index in [1.165, 1.54) is 11.3 Å². The van der Waals surface area contributed by atoms with E-state index < -0.39 is 0 Å². The molecule has 4 nitrogen and oxygen atoms in total. The van der Waals surface area contributed by atoms with Gasteiger partial charge >= 0.3 is 0 Å². The zero-order valence-electron chi connectivity index (χ0n) is 8.92. The highest BCUT2D eigenvalue weighted by Gasteiger charge is 2.13. The smallest absolute Gasteiger partial charge is 0.146 e. The molecule has 0 bridgehead atoms. The Hall–Kier alpha value is -1.58. The van der Waals surface area contributed by atoms with E-state index in [-0.39, 0.29) is 0 Å². The summed E-state index contributed by atoms with van der Waals surface area (Å²) in [6.07, 6.45) is 0. The minimum atomic E-state index is 0.578. The maximum absolute atomic E-state index is 5.88. The third-order valence-corrected chi connectivity index (χ3v) is 2.77. The van der Waals surface area contributed by atoms with Crippen LogP contribution in [0.1, 0.15) is 17.1 Å². The largest absolute Gasteiger partial charge is 0.383 e. The lowest BCUT2D eigenvalue weighted by molar-refractivity contribution is 0.887. The van der Waals surface area contributed by atoms with Crippen LogP contribution in [0.2, 0.25) is 0 Å². The molecule has 0 unspecified atom stereocenters. The molecule has 0 aliphatic rings. The SMILES string of the molecule is Cc1nc(N)c2c(C)c(C)n(C)c2n1. The average molecular weight is 190 g/mol. The first-order valence-electron chi connectivity index (χ1n) is 4.58. The lowest BCUT2D eigenvalue weighted by Crippen LogP contribution is -1.99. The Bertz CT molecular complexity index is 511.